The molecule has 6 nitrogen and oxygen atoms in total. The second-order valence-corrected chi connectivity index (χ2v) is 7.11. The fourth-order valence-corrected chi connectivity index (χ4v) is 5.47. The lowest BCUT2D eigenvalue weighted by molar-refractivity contribution is -0.132. The first kappa shape index (κ1) is 13.8. The van der Waals surface area contributed by atoms with Gasteiger partial charge in [0, 0.05) is 0 Å². The summed E-state index contributed by atoms with van der Waals surface area (Å²) in [5.74, 6) is 0.224. The Balaban J connectivity index is 1.56. The van der Waals surface area contributed by atoms with Crippen molar-refractivity contribution >= 4 is 17.5 Å². The molecule has 3 fully saturated rings. The highest BCUT2D eigenvalue weighted by molar-refractivity contribution is 6.27. The molecule has 0 saturated carbocycles. The van der Waals surface area contributed by atoms with E-state index in [-0.39, 0.29) is 11.8 Å². The number of carbonyl (C=O) groups is 2. The molecule has 2 amide bonds. The number of methoxy groups -OCH3 is 1. The molecule has 25 heavy (non-hydrogen) atoms. The smallest absolute Gasteiger partial charge is 0.247 e. The minimum atomic E-state index is -0.983. The predicted molar refractivity (Wildman–Crippen MR) is 86.0 cm³/mol. The molecule has 4 bridgehead atoms. The normalized spacial score (nSPS) is 44.8. The number of benzene rings is 1. The minimum absolute atomic E-state index is 0.226. The van der Waals surface area contributed by atoms with Crippen molar-refractivity contribution in [2.24, 2.45) is 10.8 Å². The topological polar surface area (TPSA) is 65.1 Å². The molecule has 6 atom stereocenters. The van der Waals surface area contributed by atoms with E-state index < -0.39 is 35.2 Å². The van der Waals surface area contributed by atoms with Crippen molar-refractivity contribution in [2.75, 3.05) is 12.0 Å². The van der Waals surface area contributed by atoms with Crippen LogP contribution in [0.4, 0.5) is 5.69 Å². The quantitative estimate of drug-likeness (QED) is 0.600. The van der Waals surface area contributed by atoms with Crippen LogP contribution in [0.25, 0.3) is 0 Å². The summed E-state index contributed by atoms with van der Waals surface area (Å²) >= 11 is 0. The standard InChI is InChI=1S/C19H15NO5/c1-23-11-4-2-10(3-5-11)20-16(21)18-12-6-7-13(24-12)19(18,17(20)22)15-9-8-14(18)25-15/h2-9,12-15H,1H3/t12-,13+,14+,15-,18?,19?. The summed E-state index contributed by atoms with van der Waals surface area (Å²) in [4.78, 5) is 28.5. The van der Waals surface area contributed by atoms with Crippen LogP contribution in [0.15, 0.2) is 48.6 Å². The maximum Gasteiger partial charge on any atom is 0.247 e. The molecule has 3 saturated heterocycles. The number of rotatable bonds is 2. The fraction of sp³-hybridized carbons (Fsp3) is 0.368. The Morgan fingerprint density at radius 1 is 0.840 bits per heavy atom. The minimum Gasteiger partial charge on any atom is -0.497 e. The number of ether oxygens (including phenoxy) is 3. The second kappa shape index (κ2) is 4.03. The zero-order valence-corrected chi connectivity index (χ0v) is 13.4. The van der Waals surface area contributed by atoms with E-state index in [0.29, 0.717) is 11.4 Å². The molecule has 0 radical (unpaired) electrons. The van der Waals surface area contributed by atoms with Gasteiger partial charge in [0.15, 0.2) is 0 Å². The van der Waals surface area contributed by atoms with Gasteiger partial charge in [0.2, 0.25) is 11.8 Å². The van der Waals surface area contributed by atoms with Crippen molar-refractivity contribution in [1.82, 2.24) is 0 Å². The number of anilines is 1. The number of nitrogens with zero attached hydrogens (tertiary/aromatic N) is 1. The number of carbonyl (C=O) groups excluding carboxylic acids is 2. The molecule has 6 rings (SSSR count). The highest BCUT2D eigenvalue weighted by Crippen LogP contribution is 2.72. The summed E-state index contributed by atoms with van der Waals surface area (Å²) in [5, 5.41) is 0. The van der Waals surface area contributed by atoms with Crippen LogP contribution in [-0.2, 0) is 19.1 Å². The maximum atomic E-state index is 13.6. The zero-order valence-electron chi connectivity index (χ0n) is 13.4. The van der Waals surface area contributed by atoms with Gasteiger partial charge in [-0.15, -0.1) is 0 Å². The van der Waals surface area contributed by atoms with Crippen LogP contribution in [0.1, 0.15) is 0 Å². The van der Waals surface area contributed by atoms with Gasteiger partial charge in [0.25, 0.3) is 0 Å². The second-order valence-electron chi connectivity index (χ2n) is 7.11. The fourth-order valence-electron chi connectivity index (χ4n) is 5.47. The molecule has 126 valence electrons. The zero-order chi connectivity index (χ0) is 17.0. The van der Waals surface area contributed by atoms with E-state index in [9.17, 15) is 9.59 Å². The Hall–Kier alpha value is -2.44. The summed E-state index contributed by atoms with van der Waals surface area (Å²) in [6.45, 7) is 0. The Morgan fingerprint density at radius 2 is 1.28 bits per heavy atom. The van der Waals surface area contributed by atoms with Crippen molar-refractivity contribution in [1.29, 1.82) is 0 Å². The third kappa shape index (κ3) is 1.15. The average Bonchev–Trinajstić information content (AvgIpc) is 3.41. The molecule has 1 aromatic rings. The van der Waals surface area contributed by atoms with Gasteiger partial charge in [0.1, 0.15) is 16.6 Å². The summed E-state index contributed by atoms with van der Waals surface area (Å²) in [5.41, 5.74) is -1.41. The third-order valence-electron chi connectivity index (χ3n) is 6.43. The first-order chi connectivity index (χ1) is 12.2. The van der Waals surface area contributed by atoms with Crippen LogP contribution in [0, 0.1) is 10.8 Å². The van der Waals surface area contributed by atoms with Gasteiger partial charge in [-0.2, -0.15) is 0 Å². The molecule has 5 aliphatic rings. The number of hydrogen-bond donors (Lipinski definition) is 0. The Labute approximate surface area is 143 Å². The number of hydrogen-bond acceptors (Lipinski definition) is 5. The van der Waals surface area contributed by atoms with Crippen LogP contribution in [-0.4, -0.2) is 43.3 Å². The summed E-state index contributed by atoms with van der Waals surface area (Å²) in [6, 6.07) is 6.99. The maximum absolute atomic E-state index is 13.6. The van der Waals surface area contributed by atoms with Gasteiger partial charge in [-0.1, -0.05) is 24.3 Å². The lowest BCUT2D eigenvalue weighted by Gasteiger charge is -2.37. The van der Waals surface area contributed by atoms with Crippen molar-refractivity contribution in [3.8, 4) is 5.75 Å². The van der Waals surface area contributed by atoms with Crippen LogP contribution in [0.3, 0.4) is 0 Å². The Morgan fingerprint density at radius 3 is 1.68 bits per heavy atom. The molecule has 5 heterocycles. The first-order valence-corrected chi connectivity index (χ1v) is 8.36. The van der Waals surface area contributed by atoms with E-state index in [1.54, 1.807) is 31.4 Å². The van der Waals surface area contributed by atoms with Gasteiger partial charge in [-0.05, 0) is 24.3 Å². The van der Waals surface area contributed by atoms with E-state index in [1.165, 1.54) is 4.90 Å². The van der Waals surface area contributed by atoms with Crippen molar-refractivity contribution in [2.45, 2.75) is 24.4 Å². The summed E-state index contributed by atoms with van der Waals surface area (Å²) in [6.07, 6.45) is 5.95. The summed E-state index contributed by atoms with van der Waals surface area (Å²) in [7, 11) is 1.58. The van der Waals surface area contributed by atoms with Crippen LogP contribution in [0.2, 0.25) is 0 Å². The van der Waals surface area contributed by atoms with E-state index >= 15 is 0 Å². The van der Waals surface area contributed by atoms with Gasteiger partial charge in [0.05, 0.1) is 37.2 Å². The number of fused-ring (bicyclic) bond motifs is 4. The Kier molecular flexibility index (Phi) is 2.23. The van der Waals surface area contributed by atoms with Gasteiger partial charge in [-0.25, -0.2) is 4.90 Å². The van der Waals surface area contributed by atoms with E-state index in [4.69, 9.17) is 14.2 Å². The van der Waals surface area contributed by atoms with Crippen LogP contribution in [0.5, 0.6) is 5.75 Å². The highest BCUT2D eigenvalue weighted by Gasteiger charge is 2.89. The van der Waals surface area contributed by atoms with E-state index in [1.807, 2.05) is 24.3 Å². The average molecular weight is 337 g/mol. The molecule has 0 aromatic heterocycles. The largest absolute Gasteiger partial charge is 0.497 e. The van der Waals surface area contributed by atoms with Gasteiger partial charge in [-0.3, -0.25) is 9.59 Å². The Bertz CT molecular complexity index is 812. The van der Waals surface area contributed by atoms with E-state index in [0.717, 1.165) is 0 Å². The van der Waals surface area contributed by atoms with Crippen LogP contribution >= 0.6 is 0 Å². The molecule has 0 N–H and O–H groups in total. The lowest BCUT2D eigenvalue weighted by atomic mass is 9.54. The molecule has 0 aliphatic carbocycles. The predicted octanol–water partition coefficient (Wildman–Crippen LogP) is 1.22. The van der Waals surface area contributed by atoms with Crippen LogP contribution < -0.4 is 9.64 Å². The van der Waals surface area contributed by atoms with Gasteiger partial charge < -0.3 is 14.2 Å². The van der Waals surface area contributed by atoms with Crippen molar-refractivity contribution in [3.05, 3.63) is 48.6 Å². The SMILES string of the molecule is COc1ccc(N2C(=O)C34[C@@H]5C=C[C@@H](O5)C3(C2=O)[C@@H]2C=C[C@H]4O2)cc1. The molecule has 1 aromatic carbocycles. The molecule has 6 heteroatoms. The molecule has 0 spiro atoms. The molecular formula is C19H15NO5. The monoisotopic (exact) mass is 337 g/mol. The number of imide groups is 1. The highest BCUT2D eigenvalue weighted by atomic mass is 16.6. The molecule has 5 aliphatic heterocycles. The summed E-state index contributed by atoms with van der Waals surface area (Å²) < 4.78 is 17.2. The lowest BCUT2D eigenvalue weighted by Crippen LogP contribution is -2.56. The third-order valence-corrected chi connectivity index (χ3v) is 6.43. The van der Waals surface area contributed by atoms with Gasteiger partial charge >= 0.3 is 0 Å². The molecule has 2 unspecified atom stereocenters. The number of amides is 2. The van der Waals surface area contributed by atoms with Crippen molar-refractivity contribution in [3.63, 3.8) is 0 Å². The molecular weight excluding hydrogens is 322 g/mol. The van der Waals surface area contributed by atoms with Crippen molar-refractivity contribution < 1.29 is 23.8 Å². The van der Waals surface area contributed by atoms with E-state index in [2.05, 4.69) is 0 Å². The first-order valence-electron chi connectivity index (χ1n) is 8.36.